The Balaban J connectivity index is 1.74. The molecule has 0 aromatic heterocycles. The first-order chi connectivity index (χ1) is 13.0. The minimum absolute atomic E-state index is 0.0460. The van der Waals surface area contributed by atoms with Crippen LogP contribution in [0.25, 0.3) is 0 Å². The monoisotopic (exact) mass is 398 g/mol. The van der Waals surface area contributed by atoms with Gasteiger partial charge in [0.05, 0.1) is 24.7 Å². The van der Waals surface area contributed by atoms with Gasteiger partial charge in [-0.25, -0.2) is 8.42 Å². The van der Waals surface area contributed by atoms with Gasteiger partial charge in [0.15, 0.2) is 0 Å². The molecule has 27 heavy (non-hydrogen) atoms. The summed E-state index contributed by atoms with van der Waals surface area (Å²) in [5.74, 6) is -0.0460. The number of aryl methyl sites for hydroxylation is 1. The molecule has 1 aliphatic heterocycles. The summed E-state index contributed by atoms with van der Waals surface area (Å²) in [6, 6.07) is 6.86. The first-order valence-corrected chi connectivity index (χ1v) is 10.9. The van der Waals surface area contributed by atoms with Crippen molar-refractivity contribution >= 4 is 15.9 Å². The molecule has 0 bridgehead atoms. The van der Waals surface area contributed by atoms with Crippen molar-refractivity contribution in [3.63, 3.8) is 0 Å². The van der Waals surface area contributed by atoms with Crippen molar-refractivity contribution in [2.24, 2.45) is 0 Å². The Morgan fingerprint density at radius 3 is 2.44 bits per heavy atom. The molecular weight excluding hydrogens is 368 g/mol. The molecule has 2 rings (SSSR count). The average Bonchev–Trinajstić information content (AvgIpc) is 2.70. The number of methoxy groups -OCH3 is 1. The molecule has 0 unspecified atom stereocenters. The summed E-state index contributed by atoms with van der Waals surface area (Å²) in [5, 5.41) is 2.80. The van der Waals surface area contributed by atoms with Crippen molar-refractivity contribution in [3.8, 4) is 0 Å². The van der Waals surface area contributed by atoms with E-state index in [1.165, 1.54) is 0 Å². The smallest absolute Gasteiger partial charge is 0.243 e. The Bertz CT molecular complexity index is 670. The van der Waals surface area contributed by atoms with Crippen LogP contribution < -0.4 is 5.32 Å². The van der Waals surface area contributed by atoms with E-state index >= 15 is 0 Å². The molecule has 0 spiro atoms. The van der Waals surface area contributed by atoms with Crippen LogP contribution in [0.1, 0.15) is 31.2 Å². The maximum Gasteiger partial charge on any atom is 0.243 e. The second-order valence-corrected chi connectivity index (χ2v) is 8.50. The fourth-order valence-corrected chi connectivity index (χ4v) is 4.45. The third kappa shape index (κ3) is 7.21. The second-order valence-electron chi connectivity index (χ2n) is 6.56. The predicted molar refractivity (Wildman–Crippen MR) is 103 cm³/mol. The van der Waals surface area contributed by atoms with Crippen LogP contribution in [0.15, 0.2) is 29.2 Å². The zero-order valence-corrected chi connectivity index (χ0v) is 16.8. The van der Waals surface area contributed by atoms with Crippen molar-refractivity contribution in [2.45, 2.75) is 37.0 Å². The van der Waals surface area contributed by atoms with Crippen LogP contribution >= 0.6 is 0 Å². The van der Waals surface area contributed by atoms with E-state index in [1.54, 1.807) is 35.7 Å². The molecule has 0 aliphatic carbocycles. The molecule has 1 aromatic rings. The van der Waals surface area contributed by atoms with Gasteiger partial charge in [0.25, 0.3) is 0 Å². The maximum atomic E-state index is 12.6. The molecule has 1 fully saturated rings. The number of amides is 1. The van der Waals surface area contributed by atoms with Crippen LogP contribution in [0.4, 0.5) is 0 Å². The lowest BCUT2D eigenvalue weighted by atomic mass is 10.1. The fourth-order valence-electron chi connectivity index (χ4n) is 2.94. The molecule has 1 aromatic carbocycles. The summed E-state index contributed by atoms with van der Waals surface area (Å²) in [7, 11) is -1.79. The highest BCUT2D eigenvalue weighted by atomic mass is 32.2. The first-order valence-electron chi connectivity index (χ1n) is 9.46. The van der Waals surface area contributed by atoms with E-state index in [4.69, 9.17) is 9.47 Å². The zero-order valence-electron chi connectivity index (χ0n) is 16.0. The van der Waals surface area contributed by atoms with Gasteiger partial charge in [-0.05, 0) is 37.0 Å². The standard InChI is InChI=1S/C19H30N2O5S/c1-25-15-16-26-14-11-20-19(22)10-7-17-5-8-18(9-6-17)27(23,24)21-12-3-2-4-13-21/h5-6,8-9H,2-4,7,10-16H2,1H3,(H,20,22). The molecule has 1 aliphatic rings. The lowest BCUT2D eigenvalue weighted by molar-refractivity contribution is -0.121. The Morgan fingerprint density at radius 1 is 1.07 bits per heavy atom. The van der Waals surface area contributed by atoms with Gasteiger partial charge in [-0.3, -0.25) is 4.79 Å². The topological polar surface area (TPSA) is 84.9 Å². The largest absolute Gasteiger partial charge is 0.382 e. The summed E-state index contributed by atoms with van der Waals surface area (Å²) in [6.07, 6.45) is 3.86. The van der Waals surface area contributed by atoms with E-state index in [-0.39, 0.29) is 5.91 Å². The Morgan fingerprint density at radius 2 is 1.78 bits per heavy atom. The Hall–Kier alpha value is -1.48. The Labute approximate surface area is 162 Å². The molecular formula is C19H30N2O5S. The van der Waals surface area contributed by atoms with Crippen LogP contribution in [-0.2, 0) is 30.7 Å². The molecule has 1 N–H and O–H groups in total. The number of rotatable bonds is 11. The van der Waals surface area contributed by atoms with Gasteiger partial charge >= 0.3 is 0 Å². The highest BCUT2D eigenvalue weighted by molar-refractivity contribution is 7.89. The number of carbonyl (C=O) groups is 1. The minimum atomic E-state index is -3.40. The van der Waals surface area contributed by atoms with Crippen molar-refractivity contribution in [1.82, 2.24) is 9.62 Å². The van der Waals surface area contributed by atoms with Crippen molar-refractivity contribution < 1.29 is 22.7 Å². The summed E-state index contributed by atoms with van der Waals surface area (Å²) in [5.41, 5.74) is 0.944. The number of sulfonamides is 1. The van der Waals surface area contributed by atoms with E-state index in [9.17, 15) is 13.2 Å². The lowest BCUT2D eigenvalue weighted by Gasteiger charge is -2.25. The second kappa shape index (κ2) is 11.4. The quantitative estimate of drug-likeness (QED) is 0.572. The van der Waals surface area contributed by atoms with Gasteiger partial charge < -0.3 is 14.8 Å². The number of ether oxygens (including phenoxy) is 2. The summed E-state index contributed by atoms with van der Waals surface area (Å²) in [4.78, 5) is 12.2. The molecule has 152 valence electrons. The number of nitrogens with one attached hydrogen (secondary N) is 1. The van der Waals surface area contributed by atoms with E-state index in [0.29, 0.717) is 57.2 Å². The zero-order chi connectivity index (χ0) is 19.5. The molecule has 8 heteroatoms. The van der Waals surface area contributed by atoms with Crippen LogP contribution in [0, 0.1) is 0 Å². The molecule has 0 saturated carbocycles. The number of hydrogen-bond acceptors (Lipinski definition) is 5. The van der Waals surface area contributed by atoms with Crippen LogP contribution in [0.5, 0.6) is 0 Å². The van der Waals surface area contributed by atoms with Crippen LogP contribution in [0.2, 0.25) is 0 Å². The number of hydrogen-bond donors (Lipinski definition) is 1. The SMILES string of the molecule is COCCOCCNC(=O)CCc1ccc(S(=O)(=O)N2CCCCC2)cc1. The van der Waals surface area contributed by atoms with E-state index < -0.39 is 10.0 Å². The average molecular weight is 399 g/mol. The van der Waals surface area contributed by atoms with Gasteiger partial charge in [0.2, 0.25) is 15.9 Å². The molecule has 7 nitrogen and oxygen atoms in total. The third-order valence-electron chi connectivity index (χ3n) is 4.52. The Kier molecular flexibility index (Phi) is 9.20. The number of carbonyl (C=O) groups excluding carboxylic acids is 1. The summed E-state index contributed by atoms with van der Waals surface area (Å²) < 4.78 is 37.0. The highest BCUT2D eigenvalue weighted by Gasteiger charge is 2.25. The van der Waals surface area contributed by atoms with E-state index in [1.807, 2.05) is 0 Å². The van der Waals surface area contributed by atoms with Gasteiger partial charge in [0.1, 0.15) is 0 Å². The van der Waals surface area contributed by atoms with Gasteiger partial charge in [-0.1, -0.05) is 18.6 Å². The molecule has 0 atom stereocenters. The van der Waals surface area contributed by atoms with Crippen molar-refractivity contribution in [1.29, 1.82) is 0 Å². The van der Waals surface area contributed by atoms with E-state index in [0.717, 1.165) is 24.8 Å². The fraction of sp³-hybridized carbons (Fsp3) is 0.632. The minimum Gasteiger partial charge on any atom is -0.382 e. The van der Waals surface area contributed by atoms with Gasteiger partial charge in [-0.2, -0.15) is 4.31 Å². The predicted octanol–water partition coefficient (Wildman–Crippen LogP) is 1.57. The van der Waals surface area contributed by atoms with Crippen molar-refractivity contribution in [3.05, 3.63) is 29.8 Å². The number of piperidine rings is 1. The molecule has 0 radical (unpaired) electrons. The molecule has 1 heterocycles. The maximum absolute atomic E-state index is 12.6. The van der Waals surface area contributed by atoms with Gasteiger partial charge in [0, 0.05) is 33.2 Å². The number of nitrogens with zero attached hydrogens (tertiary/aromatic N) is 1. The summed E-state index contributed by atoms with van der Waals surface area (Å²) in [6.45, 7) is 3.17. The number of benzene rings is 1. The normalized spacial score (nSPS) is 15.6. The highest BCUT2D eigenvalue weighted by Crippen LogP contribution is 2.21. The van der Waals surface area contributed by atoms with Crippen LogP contribution in [0.3, 0.4) is 0 Å². The van der Waals surface area contributed by atoms with Crippen molar-refractivity contribution in [2.75, 3.05) is 46.6 Å². The van der Waals surface area contributed by atoms with Gasteiger partial charge in [-0.15, -0.1) is 0 Å². The van der Waals surface area contributed by atoms with E-state index in [2.05, 4.69) is 5.32 Å². The molecule has 1 saturated heterocycles. The summed E-state index contributed by atoms with van der Waals surface area (Å²) >= 11 is 0. The first kappa shape index (κ1) is 21.8. The molecule has 1 amide bonds. The lowest BCUT2D eigenvalue weighted by Crippen LogP contribution is -2.35. The van der Waals surface area contributed by atoms with Crippen LogP contribution in [-0.4, -0.2) is 65.2 Å². The third-order valence-corrected chi connectivity index (χ3v) is 6.43.